The second kappa shape index (κ2) is 7.14. The van der Waals surface area contributed by atoms with Gasteiger partial charge in [0.15, 0.2) is 5.65 Å². The minimum atomic E-state index is -0.398. The zero-order valence-electron chi connectivity index (χ0n) is 14.0. The summed E-state index contributed by atoms with van der Waals surface area (Å²) in [6.07, 6.45) is 2.87. The standard InChI is InChI=1S/C17H15FN6O2/c1-22(8-2-7-19)15(25)10-23-11-20-16-14(17(23)26)9-21-24(16)13-5-3-12(18)4-6-13/h3-6,9,11H,2,8,10H2,1H3. The summed E-state index contributed by atoms with van der Waals surface area (Å²) in [6.45, 7) is 0.119. The molecule has 132 valence electrons. The Morgan fingerprint density at radius 2 is 2.08 bits per heavy atom. The van der Waals surface area contributed by atoms with E-state index in [9.17, 15) is 14.0 Å². The lowest BCUT2D eigenvalue weighted by Gasteiger charge is -2.15. The molecular weight excluding hydrogens is 339 g/mol. The second-order valence-corrected chi connectivity index (χ2v) is 5.67. The third-order valence-corrected chi connectivity index (χ3v) is 3.92. The molecule has 0 bridgehead atoms. The molecule has 2 aromatic heterocycles. The lowest BCUT2D eigenvalue weighted by atomic mass is 10.3. The average Bonchev–Trinajstić information content (AvgIpc) is 3.07. The van der Waals surface area contributed by atoms with E-state index in [4.69, 9.17) is 5.26 Å². The summed E-state index contributed by atoms with van der Waals surface area (Å²) < 4.78 is 15.7. The van der Waals surface area contributed by atoms with Gasteiger partial charge in [0.05, 0.1) is 24.4 Å². The number of aromatic nitrogens is 4. The second-order valence-electron chi connectivity index (χ2n) is 5.67. The molecule has 3 rings (SSSR count). The largest absolute Gasteiger partial charge is 0.343 e. The third-order valence-electron chi connectivity index (χ3n) is 3.92. The van der Waals surface area contributed by atoms with Crippen LogP contribution in [0.3, 0.4) is 0 Å². The molecule has 3 aromatic rings. The molecule has 0 aliphatic heterocycles. The van der Waals surface area contributed by atoms with Crippen molar-refractivity contribution in [2.45, 2.75) is 13.0 Å². The monoisotopic (exact) mass is 354 g/mol. The highest BCUT2D eigenvalue weighted by Gasteiger charge is 2.15. The van der Waals surface area contributed by atoms with Crippen LogP contribution in [0.25, 0.3) is 16.7 Å². The Kier molecular flexibility index (Phi) is 4.75. The summed E-state index contributed by atoms with van der Waals surface area (Å²) in [5.41, 5.74) is 0.493. The molecule has 0 aliphatic carbocycles. The van der Waals surface area contributed by atoms with Gasteiger partial charge in [-0.25, -0.2) is 14.1 Å². The minimum Gasteiger partial charge on any atom is -0.343 e. The van der Waals surface area contributed by atoms with Crippen molar-refractivity contribution in [3.63, 3.8) is 0 Å². The molecule has 1 aromatic carbocycles. The first-order valence-electron chi connectivity index (χ1n) is 7.81. The molecule has 2 heterocycles. The Morgan fingerprint density at radius 3 is 2.77 bits per heavy atom. The van der Waals surface area contributed by atoms with Gasteiger partial charge in [-0.3, -0.25) is 14.2 Å². The summed E-state index contributed by atoms with van der Waals surface area (Å²) in [4.78, 5) is 30.3. The van der Waals surface area contributed by atoms with Crippen molar-refractivity contribution >= 4 is 16.9 Å². The van der Waals surface area contributed by atoms with Crippen LogP contribution < -0.4 is 5.56 Å². The van der Waals surface area contributed by atoms with E-state index >= 15 is 0 Å². The number of fused-ring (bicyclic) bond motifs is 1. The van der Waals surface area contributed by atoms with Crippen LogP contribution >= 0.6 is 0 Å². The zero-order valence-corrected chi connectivity index (χ0v) is 14.0. The fourth-order valence-corrected chi connectivity index (χ4v) is 2.44. The number of amides is 1. The molecule has 0 atom stereocenters. The Labute approximate surface area is 147 Å². The molecule has 0 radical (unpaired) electrons. The van der Waals surface area contributed by atoms with E-state index in [0.717, 1.165) is 0 Å². The molecule has 0 saturated heterocycles. The predicted octanol–water partition coefficient (Wildman–Crippen LogP) is 1.09. The van der Waals surface area contributed by atoms with Gasteiger partial charge in [-0.15, -0.1) is 0 Å². The molecule has 8 nitrogen and oxygen atoms in total. The van der Waals surface area contributed by atoms with Gasteiger partial charge in [-0.05, 0) is 24.3 Å². The molecule has 0 saturated carbocycles. The first kappa shape index (κ1) is 17.3. The number of nitrogens with zero attached hydrogens (tertiary/aromatic N) is 6. The Morgan fingerprint density at radius 1 is 1.35 bits per heavy atom. The zero-order chi connectivity index (χ0) is 18.7. The van der Waals surface area contributed by atoms with Gasteiger partial charge in [-0.2, -0.15) is 10.4 Å². The molecule has 0 N–H and O–H groups in total. The molecule has 9 heteroatoms. The van der Waals surface area contributed by atoms with Crippen LogP contribution in [0.15, 0.2) is 41.6 Å². The molecule has 1 amide bonds. The van der Waals surface area contributed by atoms with Crippen LogP contribution in [0.5, 0.6) is 0 Å². The first-order chi connectivity index (χ1) is 12.5. The maximum Gasteiger partial charge on any atom is 0.264 e. The van der Waals surface area contributed by atoms with Crippen molar-refractivity contribution in [2.24, 2.45) is 0 Å². The average molecular weight is 354 g/mol. The first-order valence-corrected chi connectivity index (χ1v) is 7.81. The normalized spacial score (nSPS) is 10.7. The van der Waals surface area contributed by atoms with Crippen LogP contribution in [-0.2, 0) is 11.3 Å². The number of carbonyl (C=O) groups excluding carboxylic acids is 1. The summed E-state index contributed by atoms with van der Waals surface area (Å²) in [5, 5.41) is 13.0. The Hall–Kier alpha value is -3.54. The topological polar surface area (TPSA) is 96.8 Å². The maximum atomic E-state index is 13.1. The smallest absolute Gasteiger partial charge is 0.264 e. The molecule has 26 heavy (non-hydrogen) atoms. The summed E-state index contributed by atoms with van der Waals surface area (Å²) in [6, 6.07) is 7.61. The fourth-order valence-electron chi connectivity index (χ4n) is 2.44. The number of nitriles is 1. The highest BCUT2D eigenvalue weighted by Crippen LogP contribution is 2.14. The summed E-state index contributed by atoms with van der Waals surface area (Å²) in [5.74, 6) is -0.672. The third kappa shape index (κ3) is 3.30. The molecular formula is C17H15FN6O2. The quantitative estimate of drug-likeness (QED) is 0.683. The van der Waals surface area contributed by atoms with Gasteiger partial charge in [-0.1, -0.05) is 0 Å². The van der Waals surface area contributed by atoms with Crippen LogP contribution in [-0.4, -0.2) is 43.7 Å². The number of halogens is 1. The van der Waals surface area contributed by atoms with Crippen molar-refractivity contribution in [3.8, 4) is 11.8 Å². The number of hydrogen-bond acceptors (Lipinski definition) is 5. The van der Waals surface area contributed by atoms with Gasteiger partial charge >= 0.3 is 0 Å². The number of carbonyl (C=O) groups is 1. The van der Waals surface area contributed by atoms with E-state index in [1.165, 1.54) is 50.9 Å². The lowest BCUT2D eigenvalue weighted by molar-refractivity contribution is -0.130. The van der Waals surface area contributed by atoms with E-state index in [1.54, 1.807) is 7.05 Å². The van der Waals surface area contributed by atoms with Crippen LogP contribution in [0.4, 0.5) is 4.39 Å². The molecule has 0 fully saturated rings. The van der Waals surface area contributed by atoms with Gasteiger partial charge in [0.1, 0.15) is 24.1 Å². The molecule has 0 aliphatic rings. The van der Waals surface area contributed by atoms with Gasteiger partial charge in [0.25, 0.3) is 5.56 Å². The highest BCUT2D eigenvalue weighted by atomic mass is 19.1. The van der Waals surface area contributed by atoms with Gasteiger partial charge < -0.3 is 4.90 Å². The number of hydrogen-bond donors (Lipinski definition) is 0. The van der Waals surface area contributed by atoms with E-state index in [-0.39, 0.29) is 30.1 Å². The number of likely N-dealkylation sites (N-methyl/N-ethyl adjacent to an activating group) is 1. The van der Waals surface area contributed by atoms with Crippen molar-refractivity contribution < 1.29 is 9.18 Å². The van der Waals surface area contributed by atoms with E-state index < -0.39 is 5.56 Å². The van der Waals surface area contributed by atoms with E-state index in [2.05, 4.69) is 10.1 Å². The van der Waals surface area contributed by atoms with Crippen LogP contribution in [0.1, 0.15) is 6.42 Å². The Bertz CT molecular complexity index is 1050. The Balaban J connectivity index is 1.91. The van der Waals surface area contributed by atoms with Gasteiger partial charge in [0, 0.05) is 13.6 Å². The minimum absolute atomic E-state index is 0.175. The highest BCUT2D eigenvalue weighted by molar-refractivity contribution is 5.77. The van der Waals surface area contributed by atoms with Crippen molar-refractivity contribution in [1.29, 1.82) is 5.26 Å². The van der Waals surface area contributed by atoms with Crippen molar-refractivity contribution in [2.75, 3.05) is 13.6 Å². The van der Waals surface area contributed by atoms with E-state index in [1.807, 2.05) is 6.07 Å². The molecule has 0 unspecified atom stereocenters. The SMILES string of the molecule is CN(CCC#N)C(=O)Cn1cnc2c(cnn2-c2ccc(F)cc2)c1=O. The maximum absolute atomic E-state index is 13.1. The van der Waals surface area contributed by atoms with E-state index in [0.29, 0.717) is 17.9 Å². The number of rotatable bonds is 5. The number of benzene rings is 1. The predicted molar refractivity (Wildman–Crippen MR) is 91.0 cm³/mol. The summed E-state index contributed by atoms with van der Waals surface area (Å²) in [7, 11) is 1.57. The molecule has 0 spiro atoms. The van der Waals surface area contributed by atoms with Crippen LogP contribution in [0, 0.1) is 17.1 Å². The van der Waals surface area contributed by atoms with Crippen molar-refractivity contribution in [3.05, 3.63) is 53.0 Å². The van der Waals surface area contributed by atoms with Gasteiger partial charge in [0.2, 0.25) is 5.91 Å². The lowest BCUT2D eigenvalue weighted by Crippen LogP contribution is -2.34. The van der Waals surface area contributed by atoms with Crippen LogP contribution in [0.2, 0.25) is 0 Å². The summed E-state index contributed by atoms with van der Waals surface area (Å²) >= 11 is 0. The van der Waals surface area contributed by atoms with Crippen molar-refractivity contribution in [1.82, 2.24) is 24.2 Å². The fraction of sp³-hybridized carbons (Fsp3) is 0.235.